The number of fused-ring (bicyclic) bond motifs is 1. The number of ether oxygens (including phenoxy) is 1. The molecule has 23 heavy (non-hydrogen) atoms. The number of carbonyl (C=O) groups is 1. The molecule has 0 radical (unpaired) electrons. The molecular formula is C17H18FN3O2. The summed E-state index contributed by atoms with van der Waals surface area (Å²) in [4.78, 5) is 14.6. The number of nitrogens with one attached hydrogen (secondary N) is 1. The van der Waals surface area contributed by atoms with Gasteiger partial charge in [-0.1, -0.05) is 12.1 Å². The number of halogens is 1. The third kappa shape index (κ3) is 2.58. The molecule has 2 atom stereocenters. The van der Waals surface area contributed by atoms with Gasteiger partial charge < -0.3 is 9.64 Å². The van der Waals surface area contributed by atoms with Crippen molar-refractivity contribution in [1.82, 2.24) is 15.1 Å². The van der Waals surface area contributed by atoms with Gasteiger partial charge in [-0.3, -0.25) is 9.89 Å². The minimum Gasteiger partial charge on any atom is -0.477 e. The van der Waals surface area contributed by atoms with Crippen LogP contribution in [0.1, 0.15) is 30.0 Å². The molecule has 0 unspecified atom stereocenters. The Morgan fingerprint density at radius 3 is 3.09 bits per heavy atom. The number of H-pyrrole nitrogens is 1. The van der Waals surface area contributed by atoms with E-state index in [0.717, 1.165) is 30.6 Å². The standard InChI is InChI=1S/C17H18FN3O2/c18-13-5-1-3-11-9-15(23-16(11)13)17(22)21-8-2-4-12(10-21)14-6-7-19-20-14/h1,3,5-7,12,15H,2,4,8-10H2,(H,19,20)/t12-,15+/m0/s1. The number of para-hydroxylation sites is 1. The molecule has 1 saturated heterocycles. The number of likely N-dealkylation sites (tertiary alicyclic amines) is 1. The van der Waals surface area contributed by atoms with Crippen LogP contribution in [0.15, 0.2) is 30.5 Å². The average Bonchev–Trinajstić information content (AvgIpc) is 3.24. The second-order valence-corrected chi connectivity index (χ2v) is 6.17. The summed E-state index contributed by atoms with van der Waals surface area (Å²) < 4.78 is 19.3. The van der Waals surface area contributed by atoms with Crippen molar-refractivity contribution in [3.63, 3.8) is 0 Å². The molecule has 1 N–H and O–H groups in total. The third-order valence-corrected chi connectivity index (χ3v) is 4.68. The Hall–Kier alpha value is -2.37. The van der Waals surface area contributed by atoms with Crippen molar-refractivity contribution in [2.75, 3.05) is 13.1 Å². The van der Waals surface area contributed by atoms with Gasteiger partial charge in [-0.05, 0) is 25.0 Å². The van der Waals surface area contributed by atoms with E-state index in [0.29, 0.717) is 13.0 Å². The lowest BCUT2D eigenvalue weighted by Gasteiger charge is -2.33. The minimum atomic E-state index is -0.609. The van der Waals surface area contributed by atoms with Gasteiger partial charge >= 0.3 is 0 Å². The molecule has 3 heterocycles. The highest BCUT2D eigenvalue weighted by Gasteiger charge is 2.36. The van der Waals surface area contributed by atoms with Crippen LogP contribution in [-0.2, 0) is 11.2 Å². The zero-order chi connectivity index (χ0) is 15.8. The molecule has 1 aromatic heterocycles. The van der Waals surface area contributed by atoms with E-state index in [1.165, 1.54) is 6.07 Å². The van der Waals surface area contributed by atoms with Crippen molar-refractivity contribution < 1.29 is 13.9 Å². The summed E-state index contributed by atoms with van der Waals surface area (Å²) >= 11 is 0. The van der Waals surface area contributed by atoms with E-state index < -0.39 is 11.9 Å². The highest BCUT2D eigenvalue weighted by Crippen LogP contribution is 2.33. The summed E-state index contributed by atoms with van der Waals surface area (Å²) in [6, 6.07) is 6.78. The maximum absolute atomic E-state index is 13.8. The number of hydrogen-bond donors (Lipinski definition) is 1. The van der Waals surface area contributed by atoms with E-state index in [9.17, 15) is 9.18 Å². The van der Waals surface area contributed by atoms with Crippen molar-refractivity contribution in [3.8, 4) is 5.75 Å². The van der Waals surface area contributed by atoms with Gasteiger partial charge in [-0.2, -0.15) is 5.10 Å². The summed E-state index contributed by atoms with van der Waals surface area (Å²) in [6.45, 7) is 1.38. The molecule has 2 aliphatic heterocycles. The number of carbonyl (C=O) groups excluding carboxylic acids is 1. The maximum atomic E-state index is 13.8. The summed E-state index contributed by atoms with van der Waals surface area (Å²) in [5.74, 6) is 0.0558. The summed E-state index contributed by atoms with van der Waals surface area (Å²) in [6.07, 6.45) is 3.55. The smallest absolute Gasteiger partial charge is 0.264 e. The number of nitrogens with zero attached hydrogens (tertiary/aromatic N) is 2. The molecule has 1 amide bonds. The number of aromatic nitrogens is 2. The van der Waals surface area contributed by atoms with E-state index in [1.54, 1.807) is 12.3 Å². The lowest BCUT2D eigenvalue weighted by atomic mass is 9.94. The Bertz CT molecular complexity index is 717. The number of aromatic amines is 1. The van der Waals surface area contributed by atoms with Gasteiger partial charge in [0.15, 0.2) is 17.7 Å². The topological polar surface area (TPSA) is 58.2 Å². The van der Waals surface area contributed by atoms with Gasteiger partial charge in [0.1, 0.15) is 0 Å². The summed E-state index contributed by atoms with van der Waals surface area (Å²) in [5.41, 5.74) is 1.83. The van der Waals surface area contributed by atoms with Crippen LogP contribution in [0.4, 0.5) is 4.39 Å². The van der Waals surface area contributed by atoms with Gasteiger partial charge in [0.25, 0.3) is 5.91 Å². The van der Waals surface area contributed by atoms with Crippen molar-refractivity contribution >= 4 is 5.91 Å². The highest BCUT2D eigenvalue weighted by atomic mass is 19.1. The number of benzene rings is 1. The van der Waals surface area contributed by atoms with Crippen LogP contribution in [0.2, 0.25) is 0 Å². The maximum Gasteiger partial charge on any atom is 0.264 e. The molecule has 0 bridgehead atoms. The Kier molecular flexibility index (Phi) is 3.52. The number of amides is 1. The van der Waals surface area contributed by atoms with Crippen LogP contribution in [-0.4, -0.2) is 40.2 Å². The van der Waals surface area contributed by atoms with Crippen molar-refractivity contribution in [1.29, 1.82) is 0 Å². The fraction of sp³-hybridized carbons (Fsp3) is 0.412. The zero-order valence-electron chi connectivity index (χ0n) is 12.7. The SMILES string of the molecule is O=C([C@H]1Cc2cccc(F)c2O1)N1CCC[C@H](c2ccn[nH]2)C1. The molecule has 5 nitrogen and oxygen atoms in total. The van der Waals surface area contributed by atoms with Gasteiger partial charge in [-0.15, -0.1) is 0 Å². The Balaban J connectivity index is 1.47. The first-order valence-corrected chi connectivity index (χ1v) is 7.94. The molecule has 0 saturated carbocycles. The molecular weight excluding hydrogens is 297 g/mol. The summed E-state index contributed by atoms with van der Waals surface area (Å²) in [7, 11) is 0. The van der Waals surface area contributed by atoms with E-state index in [1.807, 2.05) is 17.0 Å². The predicted molar refractivity (Wildman–Crippen MR) is 81.7 cm³/mol. The first kappa shape index (κ1) is 14.2. The molecule has 6 heteroatoms. The number of hydrogen-bond acceptors (Lipinski definition) is 3. The normalized spacial score (nSPS) is 23.4. The number of piperidine rings is 1. The fourth-order valence-electron chi connectivity index (χ4n) is 3.50. The second kappa shape index (κ2) is 5.68. The quantitative estimate of drug-likeness (QED) is 0.925. The molecule has 120 valence electrons. The second-order valence-electron chi connectivity index (χ2n) is 6.17. The van der Waals surface area contributed by atoms with Crippen LogP contribution in [0.25, 0.3) is 0 Å². The minimum absolute atomic E-state index is 0.0511. The molecule has 0 aliphatic carbocycles. The Labute approximate surface area is 133 Å². The summed E-state index contributed by atoms with van der Waals surface area (Å²) in [5, 5.41) is 6.98. The Morgan fingerprint density at radius 2 is 2.30 bits per heavy atom. The predicted octanol–water partition coefficient (Wildman–Crippen LogP) is 2.26. The first-order valence-electron chi connectivity index (χ1n) is 7.94. The van der Waals surface area contributed by atoms with E-state index in [4.69, 9.17) is 4.74 Å². The van der Waals surface area contributed by atoms with Crippen molar-refractivity contribution in [3.05, 3.63) is 47.5 Å². The van der Waals surface area contributed by atoms with Crippen molar-refractivity contribution in [2.45, 2.75) is 31.3 Å². The number of rotatable bonds is 2. The lowest BCUT2D eigenvalue weighted by molar-refractivity contribution is -0.139. The van der Waals surface area contributed by atoms with Crippen LogP contribution in [0, 0.1) is 5.82 Å². The van der Waals surface area contributed by atoms with Crippen LogP contribution < -0.4 is 4.74 Å². The van der Waals surface area contributed by atoms with Gasteiger partial charge in [0.2, 0.25) is 0 Å². The van der Waals surface area contributed by atoms with E-state index in [2.05, 4.69) is 10.2 Å². The third-order valence-electron chi connectivity index (χ3n) is 4.68. The molecule has 4 rings (SSSR count). The lowest BCUT2D eigenvalue weighted by Crippen LogP contribution is -2.46. The monoisotopic (exact) mass is 315 g/mol. The Morgan fingerprint density at radius 1 is 1.39 bits per heavy atom. The molecule has 1 aromatic carbocycles. The van der Waals surface area contributed by atoms with Gasteiger partial charge in [0, 0.05) is 42.9 Å². The first-order chi connectivity index (χ1) is 11.2. The van der Waals surface area contributed by atoms with E-state index >= 15 is 0 Å². The molecule has 2 aromatic rings. The van der Waals surface area contributed by atoms with Gasteiger partial charge in [0.05, 0.1) is 0 Å². The largest absolute Gasteiger partial charge is 0.477 e. The van der Waals surface area contributed by atoms with Crippen LogP contribution >= 0.6 is 0 Å². The molecule has 1 fully saturated rings. The zero-order valence-corrected chi connectivity index (χ0v) is 12.7. The molecule has 0 spiro atoms. The highest BCUT2D eigenvalue weighted by molar-refractivity contribution is 5.82. The van der Waals surface area contributed by atoms with Crippen LogP contribution in [0.3, 0.4) is 0 Å². The van der Waals surface area contributed by atoms with Crippen molar-refractivity contribution in [2.24, 2.45) is 0 Å². The van der Waals surface area contributed by atoms with Gasteiger partial charge in [-0.25, -0.2) is 4.39 Å². The molecule has 2 aliphatic rings. The fourth-order valence-corrected chi connectivity index (χ4v) is 3.50. The average molecular weight is 315 g/mol. The van der Waals surface area contributed by atoms with E-state index in [-0.39, 0.29) is 17.6 Å². The van der Waals surface area contributed by atoms with Crippen LogP contribution in [0.5, 0.6) is 5.75 Å².